The van der Waals surface area contributed by atoms with Crippen molar-refractivity contribution in [2.24, 2.45) is 0 Å². The average Bonchev–Trinajstić information content (AvgIpc) is 2.17. The second-order valence-electron chi connectivity index (χ2n) is 3.55. The Morgan fingerprint density at radius 3 is 2.46 bits per heavy atom. The second-order valence-corrected chi connectivity index (χ2v) is 3.55. The van der Waals surface area contributed by atoms with E-state index >= 15 is 0 Å². The summed E-state index contributed by atoms with van der Waals surface area (Å²) in [5.41, 5.74) is 1.71. The Labute approximate surface area is 79.0 Å². The van der Waals surface area contributed by atoms with E-state index in [4.69, 9.17) is 0 Å². The molecule has 0 amide bonds. The van der Waals surface area contributed by atoms with E-state index in [1.54, 1.807) is 12.3 Å². The first-order chi connectivity index (χ1) is 6.15. The number of alkyl halides is 1. The summed E-state index contributed by atoms with van der Waals surface area (Å²) >= 11 is 0. The number of hydrogen-bond donors (Lipinski definition) is 0. The van der Waals surface area contributed by atoms with Gasteiger partial charge in [0.05, 0.1) is 5.69 Å². The van der Waals surface area contributed by atoms with E-state index in [-0.39, 0.29) is 0 Å². The average molecular weight is 181 g/mol. The molecule has 1 rings (SSSR count). The fourth-order valence-corrected chi connectivity index (χ4v) is 1.15. The quantitative estimate of drug-likeness (QED) is 0.694. The lowest BCUT2D eigenvalue weighted by molar-refractivity contribution is 0.327. The molecule has 13 heavy (non-hydrogen) atoms. The van der Waals surface area contributed by atoms with E-state index in [1.807, 2.05) is 13.0 Å². The predicted molar refractivity (Wildman–Crippen MR) is 52.5 cm³/mol. The van der Waals surface area contributed by atoms with E-state index in [9.17, 15) is 4.39 Å². The van der Waals surface area contributed by atoms with Crippen LogP contribution in [0, 0.1) is 0 Å². The molecule has 0 saturated heterocycles. The van der Waals surface area contributed by atoms with Crippen molar-refractivity contribution in [2.45, 2.75) is 39.3 Å². The fourth-order valence-electron chi connectivity index (χ4n) is 1.15. The third kappa shape index (κ3) is 2.51. The van der Waals surface area contributed by atoms with Crippen molar-refractivity contribution in [1.82, 2.24) is 4.98 Å². The highest BCUT2D eigenvalue weighted by molar-refractivity contribution is 5.18. The van der Waals surface area contributed by atoms with Crippen LogP contribution >= 0.6 is 0 Å². The van der Waals surface area contributed by atoms with Gasteiger partial charge in [0.2, 0.25) is 0 Å². The number of hydrogen-bond acceptors (Lipinski definition) is 1. The van der Waals surface area contributed by atoms with Crippen LogP contribution in [0.15, 0.2) is 18.3 Å². The van der Waals surface area contributed by atoms with Crippen molar-refractivity contribution >= 4 is 0 Å². The van der Waals surface area contributed by atoms with Crippen LogP contribution in [0.1, 0.15) is 50.5 Å². The Kier molecular flexibility index (Phi) is 3.40. The van der Waals surface area contributed by atoms with Gasteiger partial charge in [0.15, 0.2) is 0 Å². The Morgan fingerprint density at radius 1 is 1.38 bits per heavy atom. The van der Waals surface area contributed by atoms with E-state index in [0.717, 1.165) is 5.56 Å². The lowest BCUT2D eigenvalue weighted by atomic mass is 10.0. The van der Waals surface area contributed by atoms with E-state index in [2.05, 4.69) is 18.8 Å². The molecule has 0 aromatic carbocycles. The summed E-state index contributed by atoms with van der Waals surface area (Å²) < 4.78 is 13.1. The van der Waals surface area contributed by atoms with Crippen molar-refractivity contribution in [3.63, 3.8) is 0 Å². The van der Waals surface area contributed by atoms with Crippen LogP contribution in [0.4, 0.5) is 4.39 Å². The first kappa shape index (κ1) is 10.2. The van der Waals surface area contributed by atoms with Gasteiger partial charge in [-0.3, -0.25) is 4.98 Å². The molecule has 0 bridgehead atoms. The maximum Gasteiger partial charge on any atom is 0.142 e. The molecule has 0 aliphatic heterocycles. The lowest BCUT2D eigenvalue weighted by Crippen LogP contribution is -1.96. The molecule has 0 saturated carbocycles. The number of aromatic nitrogens is 1. The first-order valence-corrected chi connectivity index (χ1v) is 4.75. The molecule has 1 aromatic rings. The van der Waals surface area contributed by atoms with E-state index in [1.165, 1.54) is 0 Å². The molecule has 1 nitrogen and oxygen atoms in total. The normalized spacial score (nSPS) is 13.3. The van der Waals surface area contributed by atoms with Gasteiger partial charge in [0.1, 0.15) is 6.17 Å². The Morgan fingerprint density at radius 2 is 2.08 bits per heavy atom. The zero-order valence-electron chi connectivity index (χ0n) is 8.42. The topological polar surface area (TPSA) is 12.9 Å². The molecule has 0 aliphatic carbocycles. The summed E-state index contributed by atoms with van der Waals surface area (Å²) in [5, 5.41) is 0. The lowest BCUT2D eigenvalue weighted by Gasteiger charge is -2.07. The predicted octanol–water partition coefficient (Wildman–Crippen LogP) is 3.63. The fraction of sp³-hybridized carbons (Fsp3) is 0.545. The van der Waals surface area contributed by atoms with Crippen LogP contribution in [-0.4, -0.2) is 4.98 Å². The molecule has 1 aromatic heterocycles. The first-order valence-electron chi connectivity index (χ1n) is 4.75. The highest BCUT2D eigenvalue weighted by Crippen LogP contribution is 2.20. The molecule has 1 atom stereocenters. The van der Waals surface area contributed by atoms with Crippen molar-refractivity contribution in [3.05, 3.63) is 29.6 Å². The summed E-state index contributed by atoms with van der Waals surface area (Å²) in [4.78, 5) is 4.10. The smallest absolute Gasteiger partial charge is 0.142 e. The molecule has 1 heterocycles. The van der Waals surface area contributed by atoms with Gasteiger partial charge in [0, 0.05) is 6.20 Å². The van der Waals surface area contributed by atoms with Gasteiger partial charge in [0.25, 0.3) is 0 Å². The SMILES string of the molecule is CCC(F)c1ccc(C(C)C)cn1. The zero-order valence-corrected chi connectivity index (χ0v) is 8.42. The second kappa shape index (κ2) is 4.35. The Hall–Kier alpha value is -0.920. The summed E-state index contributed by atoms with van der Waals surface area (Å²) in [6, 6.07) is 3.73. The number of pyridine rings is 1. The van der Waals surface area contributed by atoms with Crippen molar-refractivity contribution in [1.29, 1.82) is 0 Å². The van der Waals surface area contributed by atoms with Crippen molar-refractivity contribution in [2.75, 3.05) is 0 Å². The molecular formula is C11H16FN. The largest absolute Gasteiger partial charge is 0.258 e. The van der Waals surface area contributed by atoms with Crippen LogP contribution in [-0.2, 0) is 0 Å². The highest BCUT2D eigenvalue weighted by atomic mass is 19.1. The molecule has 72 valence electrons. The summed E-state index contributed by atoms with van der Waals surface area (Å²) in [6.07, 6.45) is 1.34. The van der Waals surface area contributed by atoms with E-state index < -0.39 is 6.17 Å². The maximum atomic E-state index is 13.1. The van der Waals surface area contributed by atoms with Gasteiger partial charge in [-0.2, -0.15) is 0 Å². The molecule has 1 unspecified atom stereocenters. The maximum absolute atomic E-state index is 13.1. The number of halogens is 1. The molecule has 0 spiro atoms. The molecular weight excluding hydrogens is 165 g/mol. The monoisotopic (exact) mass is 181 g/mol. The molecule has 0 N–H and O–H groups in total. The minimum absolute atomic E-state index is 0.459. The Bertz CT molecular complexity index is 253. The Balaban J connectivity index is 2.81. The zero-order chi connectivity index (χ0) is 9.84. The standard InChI is InChI=1S/C11H16FN/c1-4-10(12)11-6-5-9(7-13-11)8(2)3/h5-8,10H,4H2,1-3H3. The van der Waals surface area contributed by atoms with Crippen molar-refractivity contribution < 1.29 is 4.39 Å². The van der Waals surface area contributed by atoms with Gasteiger partial charge in [-0.1, -0.05) is 26.8 Å². The van der Waals surface area contributed by atoms with Crippen LogP contribution in [0.5, 0.6) is 0 Å². The summed E-state index contributed by atoms with van der Waals surface area (Å²) in [7, 11) is 0. The molecule has 2 heteroatoms. The van der Waals surface area contributed by atoms with Gasteiger partial charge in [-0.05, 0) is 24.0 Å². The summed E-state index contributed by atoms with van der Waals surface area (Å²) in [5.74, 6) is 0.459. The third-order valence-corrected chi connectivity index (χ3v) is 2.16. The van der Waals surface area contributed by atoms with Gasteiger partial charge in [-0.15, -0.1) is 0 Å². The van der Waals surface area contributed by atoms with Crippen molar-refractivity contribution in [3.8, 4) is 0 Å². The van der Waals surface area contributed by atoms with Crippen LogP contribution < -0.4 is 0 Å². The summed E-state index contributed by atoms with van der Waals surface area (Å²) in [6.45, 7) is 6.02. The molecule has 0 aliphatic rings. The minimum Gasteiger partial charge on any atom is -0.258 e. The molecule has 0 radical (unpaired) electrons. The van der Waals surface area contributed by atoms with Crippen LogP contribution in [0.2, 0.25) is 0 Å². The van der Waals surface area contributed by atoms with Crippen LogP contribution in [0.25, 0.3) is 0 Å². The van der Waals surface area contributed by atoms with Crippen LogP contribution in [0.3, 0.4) is 0 Å². The van der Waals surface area contributed by atoms with Gasteiger partial charge in [-0.25, -0.2) is 4.39 Å². The minimum atomic E-state index is -0.916. The van der Waals surface area contributed by atoms with Gasteiger partial charge < -0.3 is 0 Å². The number of rotatable bonds is 3. The number of nitrogens with zero attached hydrogens (tertiary/aromatic N) is 1. The van der Waals surface area contributed by atoms with E-state index in [0.29, 0.717) is 18.0 Å². The third-order valence-electron chi connectivity index (χ3n) is 2.16. The van der Waals surface area contributed by atoms with Gasteiger partial charge >= 0.3 is 0 Å². The highest BCUT2D eigenvalue weighted by Gasteiger charge is 2.08. The molecule has 0 fully saturated rings.